The van der Waals surface area contributed by atoms with Gasteiger partial charge in [0.25, 0.3) is 0 Å². The second-order valence-corrected chi connectivity index (χ2v) is 5.57. The SMILES string of the molecule is CC(C)OCCCCNC(=O)NC(CC(=O)O)C1CC1. The largest absolute Gasteiger partial charge is 0.481 e. The van der Waals surface area contributed by atoms with Crippen molar-refractivity contribution in [3.8, 4) is 0 Å². The Hall–Kier alpha value is -1.30. The van der Waals surface area contributed by atoms with Crippen molar-refractivity contribution in [2.24, 2.45) is 5.92 Å². The van der Waals surface area contributed by atoms with Gasteiger partial charge in [-0.1, -0.05) is 0 Å². The Bertz CT molecular complexity index is 316. The Morgan fingerprint density at radius 2 is 2.00 bits per heavy atom. The highest BCUT2D eigenvalue weighted by atomic mass is 16.5. The second kappa shape index (κ2) is 8.79. The lowest BCUT2D eigenvalue weighted by molar-refractivity contribution is -0.137. The van der Waals surface area contributed by atoms with E-state index in [1.807, 2.05) is 13.8 Å². The maximum Gasteiger partial charge on any atom is 0.315 e. The molecular formula is C14H26N2O4. The summed E-state index contributed by atoms with van der Waals surface area (Å²) in [6, 6.07) is -0.510. The third kappa shape index (κ3) is 7.99. The topological polar surface area (TPSA) is 87.7 Å². The van der Waals surface area contributed by atoms with Crippen LogP contribution in [0, 0.1) is 5.92 Å². The van der Waals surface area contributed by atoms with Gasteiger partial charge >= 0.3 is 12.0 Å². The zero-order chi connectivity index (χ0) is 15.0. The van der Waals surface area contributed by atoms with Crippen LogP contribution >= 0.6 is 0 Å². The Labute approximate surface area is 120 Å². The third-order valence-electron chi connectivity index (χ3n) is 3.21. The van der Waals surface area contributed by atoms with E-state index in [9.17, 15) is 9.59 Å². The lowest BCUT2D eigenvalue weighted by atomic mass is 10.1. The number of rotatable bonds is 10. The van der Waals surface area contributed by atoms with E-state index in [0.717, 1.165) is 25.7 Å². The van der Waals surface area contributed by atoms with Gasteiger partial charge in [0.05, 0.1) is 12.5 Å². The number of unbranched alkanes of at least 4 members (excludes halogenated alkanes) is 1. The Kier molecular flexibility index (Phi) is 7.36. The lowest BCUT2D eigenvalue weighted by Gasteiger charge is -2.16. The smallest absolute Gasteiger partial charge is 0.315 e. The number of carbonyl (C=O) groups is 2. The van der Waals surface area contributed by atoms with Gasteiger partial charge in [0.2, 0.25) is 0 Å². The Balaban J connectivity index is 2.07. The molecule has 1 aliphatic rings. The first kappa shape index (κ1) is 16.8. The highest BCUT2D eigenvalue weighted by molar-refractivity contribution is 5.75. The van der Waals surface area contributed by atoms with Crippen molar-refractivity contribution in [2.75, 3.05) is 13.2 Å². The van der Waals surface area contributed by atoms with Crippen molar-refractivity contribution in [2.45, 2.75) is 58.1 Å². The molecule has 2 amide bonds. The van der Waals surface area contributed by atoms with E-state index in [2.05, 4.69) is 10.6 Å². The molecule has 1 aliphatic carbocycles. The summed E-state index contributed by atoms with van der Waals surface area (Å²) in [4.78, 5) is 22.4. The molecule has 0 aromatic carbocycles. The van der Waals surface area contributed by atoms with E-state index in [0.29, 0.717) is 19.1 Å². The molecule has 0 aromatic rings. The van der Waals surface area contributed by atoms with Gasteiger partial charge in [0, 0.05) is 19.2 Å². The van der Waals surface area contributed by atoms with Gasteiger partial charge in [-0.25, -0.2) is 4.79 Å². The van der Waals surface area contributed by atoms with E-state index in [-0.39, 0.29) is 24.6 Å². The molecule has 0 aromatic heterocycles. The molecule has 116 valence electrons. The summed E-state index contributed by atoms with van der Waals surface area (Å²) < 4.78 is 5.40. The molecule has 0 heterocycles. The van der Waals surface area contributed by atoms with Gasteiger partial charge < -0.3 is 20.5 Å². The summed E-state index contributed by atoms with van der Waals surface area (Å²) in [5.74, 6) is -0.538. The third-order valence-corrected chi connectivity index (χ3v) is 3.21. The van der Waals surface area contributed by atoms with Crippen LogP contribution < -0.4 is 10.6 Å². The van der Waals surface area contributed by atoms with Crippen LogP contribution in [0.1, 0.15) is 46.0 Å². The molecule has 0 saturated heterocycles. The minimum Gasteiger partial charge on any atom is -0.481 e. The minimum absolute atomic E-state index is 0.000313. The van der Waals surface area contributed by atoms with Crippen molar-refractivity contribution >= 4 is 12.0 Å². The van der Waals surface area contributed by atoms with Crippen LogP contribution in [0.4, 0.5) is 4.79 Å². The summed E-state index contributed by atoms with van der Waals surface area (Å²) in [7, 11) is 0. The second-order valence-electron chi connectivity index (χ2n) is 5.57. The van der Waals surface area contributed by atoms with Crippen molar-refractivity contribution in [1.29, 1.82) is 0 Å². The molecule has 0 spiro atoms. The highest BCUT2D eigenvalue weighted by Crippen LogP contribution is 2.33. The number of aliphatic carboxylic acids is 1. The van der Waals surface area contributed by atoms with Crippen LogP contribution in [0.3, 0.4) is 0 Å². The van der Waals surface area contributed by atoms with Crippen molar-refractivity contribution in [1.82, 2.24) is 10.6 Å². The first-order valence-corrected chi connectivity index (χ1v) is 7.36. The van der Waals surface area contributed by atoms with Crippen LogP contribution in [0.15, 0.2) is 0 Å². The average Bonchev–Trinajstić information content (AvgIpc) is 3.15. The first-order valence-electron chi connectivity index (χ1n) is 7.36. The fourth-order valence-corrected chi connectivity index (χ4v) is 1.99. The minimum atomic E-state index is -0.868. The molecule has 1 atom stereocenters. The number of nitrogens with one attached hydrogen (secondary N) is 2. The quantitative estimate of drug-likeness (QED) is 0.534. The zero-order valence-corrected chi connectivity index (χ0v) is 12.4. The Morgan fingerprint density at radius 3 is 2.55 bits per heavy atom. The van der Waals surface area contributed by atoms with E-state index in [4.69, 9.17) is 9.84 Å². The zero-order valence-electron chi connectivity index (χ0n) is 12.4. The first-order chi connectivity index (χ1) is 9.49. The number of carbonyl (C=O) groups excluding carboxylic acids is 1. The summed E-state index contributed by atoms with van der Waals surface area (Å²) in [6.07, 6.45) is 4.00. The van der Waals surface area contributed by atoms with E-state index >= 15 is 0 Å². The normalized spacial score (nSPS) is 15.9. The molecule has 1 unspecified atom stereocenters. The summed E-state index contributed by atoms with van der Waals surface area (Å²) in [6.45, 7) is 5.26. The van der Waals surface area contributed by atoms with Crippen molar-refractivity contribution in [3.05, 3.63) is 0 Å². The fourth-order valence-electron chi connectivity index (χ4n) is 1.99. The number of ether oxygens (including phenoxy) is 1. The van der Waals surface area contributed by atoms with Gasteiger partial charge in [-0.2, -0.15) is 0 Å². The molecule has 0 aliphatic heterocycles. The van der Waals surface area contributed by atoms with Crippen LogP contribution in [0.5, 0.6) is 0 Å². The summed E-state index contributed by atoms with van der Waals surface area (Å²) in [5.41, 5.74) is 0. The number of hydrogen-bond acceptors (Lipinski definition) is 3. The molecule has 0 radical (unpaired) electrons. The van der Waals surface area contributed by atoms with Crippen LogP contribution in [-0.2, 0) is 9.53 Å². The predicted molar refractivity (Wildman–Crippen MR) is 75.6 cm³/mol. The van der Waals surface area contributed by atoms with Crippen LogP contribution in [0.25, 0.3) is 0 Å². The number of hydrogen-bond donors (Lipinski definition) is 3. The van der Waals surface area contributed by atoms with Crippen molar-refractivity contribution < 1.29 is 19.4 Å². The predicted octanol–water partition coefficient (Wildman–Crippen LogP) is 1.74. The Morgan fingerprint density at radius 1 is 1.30 bits per heavy atom. The van der Waals surface area contributed by atoms with E-state index in [1.54, 1.807) is 0 Å². The average molecular weight is 286 g/mol. The van der Waals surface area contributed by atoms with Gasteiger partial charge in [0.1, 0.15) is 0 Å². The monoisotopic (exact) mass is 286 g/mol. The molecule has 0 bridgehead atoms. The molecule has 1 fully saturated rings. The maximum absolute atomic E-state index is 11.7. The fraction of sp³-hybridized carbons (Fsp3) is 0.857. The van der Waals surface area contributed by atoms with Gasteiger partial charge in [-0.15, -0.1) is 0 Å². The number of carboxylic acid groups (broad SMARTS) is 1. The number of urea groups is 1. The van der Waals surface area contributed by atoms with E-state index in [1.165, 1.54) is 0 Å². The van der Waals surface area contributed by atoms with Gasteiger partial charge in [-0.05, 0) is 45.4 Å². The van der Waals surface area contributed by atoms with Gasteiger partial charge in [-0.3, -0.25) is 4.79 Å². The standard InChI is InChI=1S/C14H26N2O4/c1-10(2)20-8-4-3-7-15-14(19)16-12(9-13(17)18)11-5-6-11/h10-12H,3-9H2,1-2H3,(H,17,18)(H2,15,16,19). The van der Waals surface area contributed by atoms with Crippen LogP contribution in [-0.4, -0.2) is 42.4 Å². The number of amides is 2. The summed E-state index contributed by atoms with van der Waals surface area (Å²) in [5, 5.41) is 14.3. The molecule has 6 nitrogen and oxygen atoms in total. The molecule has 6 heteroatoms. The van der Waals surface area contributed by atoms with Gasteiger partial charge in [0.15, 0.2) is 0 Å². The summed E-state index contributed by atoms with van der Waals surface area (Å²) >= 11 is 0. The van der Waals surface area contributed by atoms with Crippen molar-refractivity contribution in [3.63, 3.8) is 0 Å². The molecule has 1 rings (SSSR count). The molecular weight excluding hydrogens is 260 g/mol. The molecule has 1 saturated carbocycles. The molecule has 3 N–H and O–H groups in total. The maximum atomic E-state index is 11.7. The van der Waals surface area contributed by atoms with E-state index < -0.39 is 5.97 Å². The lowest BCUT2D eigenvalue weighted by Crippen LogP contribution is -2.44. The highest BCUT2D eigenvalue weighted by Gasteiger charge is 2.33. The van der Waals surface area contributed by atoms with Crippen LogP contribution in [0.2, 0.25) is 0 Å². The number of carboxylic acids is 1. The molecule has 20 heavy (non-hydrogen) atoms.